The minimum Gasteiger partial charge on any atom is -0.469 e. The second kappa shape index (κ2) is 8.04. The average molecular weight is 292 g/mol. The van der Waals surface area contributed by atoms with E-state index in [-0.39, 0.29) is 11.9 Å². The highest BCUT2D eigenvalue weighted by atomic mass is 16.5. The Kier molecular flexibility index (Phi) is 6.39. The van der Waals surface area contributed by atoms with E-state index in [1.165, 1.54) is 7.11 Å². The second-order valence-electron chi connectivity index (χ2n) is 4.63. The van der Waals surface area contributed by atoms with Gasteiger partial charge in [-0.25, -0.2) is 0 Å². The van der Waals surface area contributed by atoms with E-state index >= 15 is 0 Å². The number of rotatable bonds is 6. The molecule has 0 spiro atoms. The lowest BCUT2D eigenvalue weighted by molar-refractivity contribution is -0.142. The summed E-state index contributed by atoms with van der Waals surface area (Å²) in [6.07, 6.45) is 0.417. The lowest BCUT2D eigenvalue weighted by Crippen LogP contribution is -2.32. The predicted octanol–water partition coefficient (Wildman–Crippen LogP) is 1.72. The Morgan fingerprint density at radius 3 is 2.52 bits per heavy atom. The number of ether oxygens (including phenoxy) is 1. The molecule has 0 fully saturated rings. The van der Waals surface area contributed by atoms with Crippen LogP contribution in [0.4, 0.5) is 5.69 Å². The predicted molar refractivity (Wildman–Crippen MR) is 78.9 cm³/mol. The Bertz CT molecular complexity index is 528. The maximum Gasteiger partial charge on any atom is 0.315 e. The van der Waals surface area contributed by atoms with Crippen molar-refractivity contribution in [1.29, 1.82) is 0 Å². The van der Waals surface area contributed by atoms with Crippen LogP contribution in [-0.2, 0) is 14.3 Å². The van der Waals surface area contributed by atoms with Crippen LogP contribution < -0.4 is 10.6 Å². The first-order chi connectivity index (χ1) is 9.97. The van der Waals surface area contributed by atoms with E-state index in [2.05, 4.69) is 15.4 Å². The van der Waals surface area contributed by atoms with Crippen LogP contribution in [0.15, 0.2) is 24.3 Å². The fourth-order valence-corrected chi connectivity index (χ4v) is 1.59. The van der Waals surface area contributed by atoms with Gasteiger partial charge in [0.05, 0.1) is 18.4 Å². The Hall–Kier alpha value is -2.37. The van der Waals surface area contributed by atoms with E-state index < -0.39 is 18.3 Å². The summed E-state index contributed by atoms with van der Waals surface area (Å²) < 4.78 is 4.42. The Morgan fingerprint density at radius 1 is 1.24 bits per heavy atom. The number of hydrogen-bond donors (Lipinski definition) is 2. The number of nitrogens with one attached hydrogen (secondary N) is 2. The summed E-state index contributed by atoms with van der Waals surface area (Å²) in [6, 6.07) is 6.68. The minimum atomic E-state index is -0.631. The highest BCUT2D eigenvalue weighted by molar-refractivity contribution is 6.07. The fourth-order valence-electron chi connectivity index (χ4n) is 1.59. The summed E-state index contributed by atoms with van der Waals surface area (Å²) in [5.41, 5.74) is 0.725. The molecule has 0 aliphatic heterocycles. The maximum atomic E-state index is 12.1. The van der Waals surface area contributed by atoms with Gasteiger partial charge in [0.2, 0.25) is 5.91 Å². The van der Waals surface area contributed by atoms with Crippen LogP contribution >= 0.6 is 0 Å². The van der Waals surface area contributed by atoms with Gasteiger partial charge in [0.1, 0.15) is 6.42 Å². The smallest absolute Gasteiger partial charge is 0.315 e. The molecule has 1 aromatic rings. The largest absolute Gasteiger partial charge is 0.469 e. The molecule has 6 nitrogen and oxygen atoms in total. The summed E-state index contributed by atoms with van der Waals surface area (Å²) >= 11 is 0. The number of esters is 1. The molecule has 6 heteroatoms. The number of hydrogen-bond acceptors (Lipinski definition) is 4. The molecule has 0 saturated heterocycles. The molecule has 0 aliphatic rings. The molecule has 0 radical (unpaired) electrons. The van der Waals surface area contributed by atoms with Crippen LogP contribution in [0.3, 0.4) is 0 Å². The van der Waals surface area contributed by atoms with E-state index in [0.717, 1.165) is 6.42 Å². The lowest BCUT2D eigenvalue weighted by Gasteiger charge is -2.14. The van der Waals surface area contributed by atoms with E-state index in [0.29, 0.717) is 11.3 Å². The zero-order chi connectivity index (χ0) is 15.8. The third-order valence-corrected chi connectivity index (χ3v) is 2.97. The van der Waals surface area contributed by atoms with E-state index in [1.54, 1.807) is 24.3 Å². The average Bonchev–Trinajstić information content (AvgIpc) is 2.47. The molecule has 1 unspecified atom stereocenters. The van der Waals surface area contributed by atoms with Crippen LogP contribution in [-0.4, -0.2) is 30.9 Å². The zero-order valence-corrected chi connectivity index (χ0v) is 12.4. The van der Waals surface area contributed by atoms with Gasteiger partial charge >= 0.3 is 5.97 Å². The molecule has 0 bridgehead atoms. The number of methoxy groups -OCH3 is 1. The van der Waals surface area contributed by atoms with Gasteiger partial charge in [0.25, 0.3) is 5.91 Å². The highest BCUT2D eigenvalue weighted by Gasteiger charge is 2.16. The summed E-state index contributed by atoms with van der Waals surface area (Å²) in [7, 11) is 1.21. The summed E-state index contributed by atoms with van der Waals surface area (Å²) in [6.45, 7) is 3.87. The zero-order valence-electron chi connectivity index (χ0n) is 12.4. The van der Waals surface area contributed by atoms with E-state index in [1.807, 2.05) is 13.8 Å². The standard InChI is InChI=1S/C15H20N2O4/c1-4-10(2)16-15(20)11-7-5-6-8-12(11)17-13(18)9-14(19)21-3/h5-8,10H,4,9H2,1-3H3,(H,16,20)(H,17,18). The van der Waals surface area contributed by atoms with Crippen molar-refractivity contribution in [2.24, 2.45) is 0 Å². The first-order valence-electron chi connectivity index (χ1n) is 6.74. The molecule has 1 rings (SSSR count). The molecule has 0 aromatic heterocycles. The van der Waals surface area contributed by atoms with Crippen molar-refractivity contribution in [3.8, 4) is 0 Å². The van der Waals surface area contributed by atoms with Gasteiger partial charge in [0, 0.05) is 6.04 Å². The molecule has 1 atom stereocenters. The van der Waals surface area contributed by atoms with Crippen LogP contribution in [0.5, 0.6) is 0 Å². The highest BCUT2D eigenvalue weighted by Crippen LogP contribution is 2.15. The molecule has 2 amide bonds. The number of anilines is 1. The number of amides is 2. The first kappa shape index (κ1) is 16.7. The van der Waals surface area contributed by atoms with Crippen LogP contribution in [0.25, 0.3) is 0 Å². The van der Waals surface area contributed by atoms with Crippen LogP contribution in [0, 0.1) is 0 Å². The first-order valence-corrected chi connectivity index (χ1v) is 6.74. The van der Waals surface area contributed by atoms with Crippen molar-refractivity contribution >= 4 is 23.5 Å². The topological polar surface area (TPSA) is 84.5 Å². The van der Waals surface area contributed by atoms with Crippen molar-refractivity contribution < 1.29 is 19.1 Å². The third kappa shape index (κ3) is 5.25. The van der Waals surface area contributed by atoms with Gasteiger partial charge in [0.15, 0.2) is 0 Å². The number of carbonyl (C=O) groups is 3. The van der Waals surface area contributed by atoms with E-state index in [4.69, 9.17) is 0 Å². The van der Waals surface area contributed by atoms with Gasteiger partial charge in [-0.3, -0.25) is 14.4 Å². The van der Waals surface area contributed by atoms with Gasteiger partial charge in [-0.05, 0) is 25.5 Å². The molecular weight excluding hydrogens is 272 g/mol. The van der Waals surface area contributed by atoms with Gasteiger partial charge in [-0.15, -0.1) is 0 Å². The minimum absolute atomic E-state index is 0.0383. The molecule has 0 saturated carbocycles. The summed E-state index contributed by atoms with van der Waals surface area (Å²) in [4.78, 5) is 34.9. The van der Waals surface area contributed by atoms with Crippen molar-refractivity contribution in [2.75, 3.05) is 12.4 Å². The van der Waals surface area contributed by atoms with Crippen molar-refractivity contribution in [2.45, 2.75) is 32.7 Å². The monoisotopic (exact) mass is 292 g/mol. The molecule has 0 heterocycles. The van der Waals surface area contributed by atoms with Crippen molar-refractivity contribution in [3.05, 3.63) is 29.8 Å². The normalized spacial score (nSPS) is 11.4. The number of benzene rings is 1. The molecule has 114 valence electrons. The van der Waals surface area contributed by atoms with Gasteiger partial charge in [-0.2, -0.15) is 0 Å². The van der Waals surface area contributed by atoms with Crippen molar-refractivity contribution in [3.63, 3.8) is 0 Å². The van der Waals surface area contributed by atoms with Gasteiger partial charge < -0.3 is 15.4 Å². The molecule has 2 N–H and O–H groups in total. The molecule has 21 heavy (non-hydrogen) atoms. The number of carbonyl (C=O) groups excluding carboxylic acids is 3. The second-order valence-corrected chi connectivity index (χ2v) is 4.63. The fraction of sp³-hybridized carbons (Fsp3) is 0.400. The summed E-state index contributed by atoms with van der Waals surface area (Å²) in [5, 5.41) is 5.38. The van der Waals surface area contributed by atoms with Crippen molar-refractivity contribution in [1.82, 2.24) is 5.32 Å². The lowest BCUT2D eigenvalue weighted by atomic mass is 10.1. The van der Waals surface area contributed by atoms with E-state index in [9.17, 15) is 14.4 Å². The third-order valence-electron chi connectivity index (χ3n) is 2.97. The number of para-hydroxylation sites is 1. The maximum absolute atomic E-state index is 12.1. The summed E-state index contributed by atoms with van der Waals surface area (Å²) in [5.74, 6) is -1.42. The van der Waals surface area contributed by atoms with Crippen LogP contribution in [0.2, 0.25) is 0 Å². The molecule has 1 aromatic carbocycles. The Labute approximate surface area is 123 Å². The van der Waals surface area contributed by atoms with Gasteiger partial charge in [-0.1, -0.05) is 19.1 Å². The quantitative estimate of drug-likeness (QED) is 0.617. The SMILES string of the molecule is CCC(C)NC(=O)c1ccccc1NC(=O)CC(=O)OC. The molecular formula is C15H20N2O4. The van der Waals surface area contributed by atoms with Crippen LogP contribution in [0.1, 0.15) is 37.0 Å². The Morgan fingerprint density at radius 2 is 1.90 bits per heavy atom. The molecule has 0 aliphatic carbocycles. The Balaban J connectivity index is 2.82.